The Morgan fingerprint density at radius 1 is 0.897 bits per heavy atom. The van der Waals surface area contributed by atoms with Crippen LogP contribution in [0.2, 0.25) is 0 Å². The zero-order valence-electron chi connectivity index (χ0n) is 15.6. The van der Waals surface area contributed by atoms with Crippen molar-refractivity contribution in [3.63, 3.8) is 0 Å². The van der Waals surface area contributed by atoms with Gasteiger partial charge < -0.3 is 9.88 Å². The van der Waals surface area contributed by atoms with Gasteiger partial charge in [-0.2, -0.15) is 0 Å². The van der Waals surface area contributed by atoms with E-state index < -0.39 is 0 Å². The SMILES string of the molecule is C#CCn1cnc2ccc(Nc3nnc(-c4ccccc4)c4ccccc34)cc21. The van der Waals surface area contributed by atoms with E-state index in [0.717, 1.165) is 38.8 Å². The van der Waals surface area contributed by atoms with E-state index in [9.17, 15) is 0 Å². The fourth-order valence-corrected chi connectivity index (χ4v) is 3.50. The summed E-state index contributed by atoms with van der Waals surface area (Å²) in [6.45, 7) is 0.481. The van der Waals surface area contributed by atoms with Gasteiger partial charge in [0.15, 0.2) is 5.82 Å². The van der Waals surface area contributed by atoms with E-state index in [0.29, 0.717) is 12.4 Å². The van der Waals surface area contributed by atoms with Crippen molar-refractivity contribution in [2.24, 2.45) is 0 Å². The molecule has 2 aromatic heterocycles. The summed E-state index contributed by atoms with van der Waals surface area (Å²) in [4.78, 5) is 4.39. The van der Waals surface area contributed by atoms with Crippen molar-refractivity contribution >= 4 is 33.3 Å². The van der Waals surface area contributed by atoms with Crippen LogP contribution in [0, 0.1) is 12.3 Å². The molecule has 1 N–H and O–H groups in total. The average Bonchev–Trinajstić information content (AvgIpc) is 3.17. The minimum absolute atomic E-state index is 0.481. The quantitative estimate of drug-likeness (QED) is 0.448. The molecule has 5 nitrogen and oxygen atoms in total. The molecular formula is C24H17N5. The van der Waals surface area contributed by atoms with Crippen molar-refractivity contribution in [1.29, 1.82) is 0 Å². The second kappa shape index (κ2) is 7.10. The number of anilines is 2. The second-order valence-electron chi connectivity index (χ2n) is 6.71. The molecular weight excluding hydrogens is 358 g/mol. The highest BCUT2D eigenvalue weighted by Crippen LogP contribution is 2.31. The molecule has 0 saturated carbocycles. The van der Waals surface area contributed by atoms with Gasteiger partial charge in [-0.3, -0.25) is 0 Å². The molecule has 0 aliphatic carbocycles. The van der Waals surface area contributed by atoms with Gasteiger partial charge in [0.25, 0.3) is 0 Å². The van der Waals surface area contributed by atoms with Crippen LogP contribution in [0.5, 0.6) is 0 Å². The summed E-state index contributed by atoms with van der Waals surface area (Å²) in [6.07, 6.45) is 7.23. The summed E-state index contributed by atoms with van der Waals surface area (Å²) in [7, 11) is 0. The normalized spacial score (nSPS) is 10.9. The molecule has 0 aliphatic rings. The van der Waals surface area contributed by atoms with Crippen LogP contribution < -0.4 is 5.32 Å². The first-order valence-electron chi connectivity index (χ1n) is 9.30. The maximum Gasteiger partial charge on any atom is 0.161 e. The lowest BCUT2D eigenvalue weighted by molar-refractivity contribution is 0.871. The lowest BCUT2D eigenvalue weighted by atomic mass is 10.0. The Bertz CT molecular complexity index is 1360. The molecule has 29 heavy (non-hydrogen) atoms. The number of aromatic nitrogens is 4. The molecule has 5 aromatic rings. The number of fused-ring (bicyclic) bond motifs is 2. The number of benzene rings is 3. The number of hydrogen-bond donors (Lipinski definition) is 1. The summed E-state index contributed by atoms with van der Waals surface area (Å²) in [6, 6.07) is 24.2. The zero-order valence-corrected chi connectivity index (χ0v) is 15.6. The summed E-state index contributed by atoms with van der Waals surface area (Å²) >= 11 is 0. The van der Waals surface area contributed by atoms with E-state index in [-0.39, 0.29) is 0 Å². The minimum atomic E-state index is 0.481. The first-order valence-corrected chi connectivity index (χ1v) is 9.30. The van der Waals surface area contributed by atoms with E-state index >= 15 is 0 Å². The smallest absolute Gasteiger partial charge is 0.161 e. The molecule has 0 radical (unpaired) electrons. The second-order valence-corrected chi connectivity index (χ2v) is 6.71. The van der Waals surface area contributed by atoms with Crippen LogP contribution in [0.3, 0.4) is 0 Å². The van der Waals surface area contributed by atoms with Crippen LogP contribution in [0.15, 0.2) is 79.1 Å². The highest BCUT2D eigenvalue weighted by Gasteiger charge is 2.11. The largest absolute Gasteiger partial charge is 0.338 e. The lowest BCUT2D eigenvalue weighted by Crippen LogP contribution is -2.00. The predicted molar refractivity (Wildman–Crippen MR) is 117 cm³/mol. The topological polar surface area (TPSA) is 55.6 Å². The molecule has 0 saturated heterocycles. The van der Waals surface area contributed by atoms with Crippen LogP contribution in [0.25, 0.3) is 33.1 Å². The highest BCUT2D eigenvalue weighted by molar-refractivity contribution is 6.01. The maximum atomic E-state index is 5.46. The van der Waals surface area contributed by atoms with E-state index in [4.69, 9.17) is 6.42 Å². The first-order chi connectivity index (χ1) is 14.3. The van der Waals surface area contributed by atoms with Crippen molar-refractivity contribution in [2.45, 2.75) is 6.54 Å². The molecule has 5 heteroatoms. The molecule has 138 valence electrons. The van der Waals surface area contributed by atoms with Crippen molar-refractivity contribution in [3.8, 4) is 23.6 Å². The number of rotatable bonds is 4. The monoisotopic (exact) mass is 375 g/mol. The van der Waals surface area contributed by atoms with Crippen molar-refractivity contribution in [1.82, 2.24) is 19.7 Å². The third-order valence-electron chi connectivity index (χ3n) is 4.88. The van der Waals surface area contributed by atoms with Gasteiger partial charge >= 0.3 is 0 Å². The lowest BCUT2D eigenvalue weighted by Gasteiger charge is -2.11. The molecule has 0 atom stereocenters. The van der Waals surface area contributed by atoms with Crippen molar-refractivity contribution in [3.05, 3.63) is 79.1 Å². The van der Waals surface area contributed by atoms with Gasteiger partial charge in [0.1, 0.15) is 5.69 Å². The molecule has 0 unspecified atom stereocenters. The summed E-state index contributed by atoms with van der Waals surface area (Å²) < 4.78 is 1.95. The Kier molecular flexibility index (Phi) is 4.15. The van der Waals surface area contributed by atoms with Gasteiger partial charge in [-0.05, 0) is 18.2 Å². The standard InChI is InChI=1S/C24H17N5/c1-2-14-29-16-25-21-13-12-18(15-22(21)29)26-24-20-11-7-6-10-19(20)23(27-28-24)17-8-4-3-5-9-17/h1,3-13,15-16H,14H2,(H,26,28). The van der Waals surface area contributed by atoms with Gasteiger partial charge in [-0.25, -0.2) is 4.98 Å². The zero-order chi connectivity index (χ0) is 19.6. The number of terminal acetylenes is 1. The Hall–Kier alpha value is -4.17. The van der Waals surface area contributed by atoms with Crippen LogP contribution in [-0.4, -0.2) is 19.7 Å². The molecule has 5 rings (SSSR count). The summed E-state index contributed by atoms with van der Waals surface area (Å²) in [5.41, 5.74) is 4.70. The molecule has 0 bridgehead atoms. The number of hydrogen-bond acceptors (Lipinski definition) is 4. The van der Waals surface area contributed by atoms with Crippen molar-refractivity contribution in [2.75, 3.05) is 5.32 Å². The fourth-order valence-electron chi connectivity index (χ4n) is 3.50. The molecule has 3 aromatic carbocycles. The Morgan fingerprint density at radius 2 is 1.69 bits per heavy atom. The maximum absolute atomic E-state index is 5.46. The highest BCUT2D eigenvalue weighted by atomic mass is 15.2. The van der Waals surface area contributed by atoms with Crippen LogP contribution >= 0.6 is 0 Å². The molecule has 2 heterocycles. The van der Waals surface area contributed by atoms with E-state index in [1.165, 1.54) is 0 Å². The Balaban J connectivity index is 1.59. The number of imidazole rings is 1. The first kappa shape index (κ1) is 17.0. The van der Waals surface area contributed by atoms with E-state index in [2.05, 4.69) is 38.6 Å². The van der Waals surface area contributed by atoms with Gasteiger partial charge in [0, 0.05) is 22.0 Å². The van der Waals surface area contributed by atoms with Crippen LogP contribution in [-0.2, 0) is 6.54 Å². The predicted octanol–water partition coefficient (Wildman–Crippen LogP) is 5.02. The van der Waals surface area contributed by atoms with E-state index in [1.807, 2.05) is 65.2 Å². The molecule has 0 fully saturated rings. The van der Waals surface area contributed by atoms with E-state index in [1.54, 1.807) is 6.33 Å². The number of nitrogens with one attached hydrogen (secondary N) is 1. The van der Waals surface area contributed by atoms with Crippen LogP contribution in [0.1, 0.15) is 0 Å². The van der Waals surface area contributed by atoms with Gasteiger partial charge in [0.05, 0.1) is 23.9 Å². The Labute approximate surface area is 168 Å². The third-order valence-corrected chi connectivity index (χ3v) is 4.88. The Morgan fingerprint density at radius 3 is 2.52 bits per heavy atom. The molecule has 0 amide bonds. The van der Waals surface area contributed by atoms with Gasteiger partial charge in [-0.1, -0.05) is 60.5 Å². The van der Waals surface area contributed by atoms with Crippen LogP contribution in [0.4, 0.5) is 11.5 Å². The molecule has 0 aliphatic heterocycles. The minimum Gasteiger partial charge on any atom is -0.338 e. The van der Waals surface area contributed by atoms with Gasteiger partial charge in [-0.15, -0.1) is 16.6 Å². The summed E-state index contributed by atoms with van der Waals surface area (Å²) in [5.74, 6) is 3.37. The van der Waals surface area contributed by atoms with Gasteiger partial charge in [0.2, 0.25) is 0 Å². The number of nitrogens with zero attached hydrogens (tertiary/aromatic N) is 4. The summed E-state index contributed by atoms with van der Waals surface area (Å²) in [5, 5.41) is 14.5. The average molecular weight is 375 g/mol. The third kappa shape index (κ3) is 3.07. The fraction of sp³-hybridized carbons (Fsp3) is 0.0417. The molecule has 0 spiro atoms. The van der Waals surface area contributed by atoms with Crippen molar-refractivity contribution < 1.29 is 0 Å².